The summed E-state index contributed by atoms with van der Waals surface area (Å²) in [4.78, 5) is 4.63. The Bertz CT molecular complexity index is 952. The second-order valence-electron chi connectivity index (χ2n) is 5.94. The zero-order valence-corrected chi connectivity index (χ0v) is 13.8. The molecule has 0 amide bonds. The molecule has 1 aromatic carbocycles. The van der Waals surface area contributed by atoms with E-state index in [2.05, 4.69) is 27.3 Å². The van der Waals surface area contributed by atoms with Gasteiger partial charge in [-0.3, -0.25) is 0 Å². The SMILES string of the molecule is C=C1NCCOc2ccc(F)cc2[C@@H](C)Nc2ccn3ncc1c3n2. The van der Waals surface area contributed by atoms with Crippen LogP contribution in [-0.4, -0.2) is 27.7 Å². The summed E-state index contributed by atoms with van der Waals surface area (Å²) in [5, 5.41) is 10.8. The first-order valence-electron chi connectivity index (χ1n) is 8.08. The van der Waals surface area contributed by atoms with Gasteiger partial charge in [-0.25, -0.2) is 13.9 Å². The highest BCUT2D eigenvalue weighted by atomic mass is 19.1. The molecule has 2 bridgehead atoms. The van der Waals surface area contributed by atoms with Crippen LogP contribution >= 0.6 is 0 Å². The topological polar surface area (TPSA) is 63.5 Å². The van der Waals surface area contributed by atoms with Crippen LogP contribution in [0.25, 0.3) is 11.3 Å². The van der Waals surface area contributed by atoms with Crippen LogP contribution < -0.4 is 15.4 Å². The fourth-order valence-corrected chi connectivity index (χ4v) is 2.91. The van der Waals surface area contributed by atoms with Crippen LogP contribution in [-0.2, 0) is 0 Å². The molecule has 7 heteroatoms. The summed E-state index contributed by atoms with van der Waals surface area (Å²) in [5.41, 5.74) is 3.01. The fraction of sp³-hybridized carbons (Fsp3) is 0.222. The van der Waals surface area contributed by atoms with Gasteiger partial charge >= 0.3 is 0 Å². The lowest BCUT2D eigenvalue weighted by Crippen LogP contribution is -2.19. The minimum atomic E-state index is -0.298. The largest absolute Gasteiger partial charge is 0.491 e. The monoisotopic (exact) mass is 339 g/mol. The lowest BCUT2D eigenvalue weighted by molar-refractivity contribution is 0.316. The van der Waals surface area contributed by atoms with E-state index in [1.54, 1.807) is 16.8 Å². The highest BCUT2D eigenvalue weighted by Gasteiger charge is 2.16. The van der Waals surface area contributed by atoms with Crippen molar-refractivity contribution in [2.45, 2.75) is 13.0 Å². The molecule has 6 nitrogen and oxygen atoms in total. The minimum Gasteiger partial charge on any atom is -0.491 e. The molecule has 2 aromatic heterocycles. The zero-order chi connectivity index (χ0) is 17.4. The maximum atomic E-state index is 13.7. The van der Waals surface area contributed by atoms with Crippen molar-refractivity contribution in [3.05, 3.63) is 60.2 Å². The normalized spacial score (nSPS) is 17.5. The van der Waals surface area contributed by atoms with Crippen LogP contribution in [0.1, 0.15) is 24.1 Å². The highest BCUT2D eigenvalue weighted by Crippen LogP contribution is 2.29. The standard InChI is InChI=1S/C18H18FN5O/c1-11-15-10-21-24-7-5-17(23-18(15)24)22-12(2)14-9-13(19)3-4-16(14)25-8-6-20-11/h3-5,7,9-10,12,20H,1,6,8H2,2H3,(H,22,23)/t12-/m1/s1. The number of fused-ring (bicyclic) bond motifs is 2. The number of aromatic nitrogens is 3. The van der Waals surface area contributed by atoms with Crippen molar-refractivity contribution >= 4 is 17.2 Å². The Balaban J connectivity index is 1.80. The van der Waals surface area contributed by atoms with Crippen molar-refractivity contribution in [3.63, 3.8) is 0 Å². The molecule has 2 N–H and O–H groups in total. The zero-order valence-electron chi connectivity index (χ0n) is 13.8. The molecule has 4 rings (SSSR count). The molecular weight excluding hydrogens is 321 g/mol. The van der Waals surface area contributed by atoms with Gasteiger partial charge in [0.1, 0.15) is 24.0 Å². The molecule has 0 aliphatic carbocycles. The molecule has 0 spiro atoms. The molecule has 128 valence electrons. The van der Waals surface area contributed by atoms with Gasteiger partial charge in [0.25, 0.3) is 0 Å². The first-order valence-corrected chi connectivity index (χ1v) is 8.08. The molecule has 1 aliphatic rings. The Morgan fingerprint density at radius 3 is 3.12 bits per heavy atom. The third-order valence-electron chi connectivity index (χ3n) is 4.19. The molecule has 1 atom stereocenters. The van der Waals surface area contributed by atoms with Gasteiger partial charge in [-0.1, -0.05) is 6.58 Å². The number of halogens is 1. The first-order chi connectivity index (χ1) is 12.1. The highest BCUT2D eigenvalue weighted by molar-refractivity contribution is 5.73. The summed E-state index contributed by atoms with van der Waals surface area (Å²) < 4.78 is 21.3. The lowest BCUT2D eigenvalue weighted by atomic mass is 10.1. The number of ether oxygens (including phenoxy) is 1. The second kappa shape index (κ2) is 6.08. The van der Waals surface area contributed by atoms with Gasteiger partial charge in [0, 0.05) is 24.0 Å². The van der Waals surface area contributed by atoms with E-state index in [9.17, 15) is 4.39 Å². The summed E-state index contributed by atoms with van der Waals surface area (Å²) in [7, 11) is 0. The number of hydrogen-bond donors (Lipinski definition) is 2. The quantitative estimate of drug-likeness (QED) is 0.659. The van der Waals surface area contributed by atoms with Crippen molar-refractivity contribution in [1.82, 2.24) is 19.9 Å². The van der Waals surface area contributed by atoms with E-state index in [4.69, 9.17) is 4.74 Å². The molecule has 25 heavy (non-hydrogen) atoms. The molecular formula is C18H18FN5O. The van der Waals surface area contributed by atoms with E-state index >= 15 is 0 Å². The maximum Gasteiger partial charge on any atom is 0.166 e. The van der Waals surface area contributed by atoms with Gasteiger partial charge in [0.15, 0.2) is 5.65 Å². The van der Waals surface area contributed by atoms with Crippen molar-refractivity contribution in [3.8, 4) is 5.75 Å². The molecule has 0 saturated carbocycles. The van der Waals surface area contributed by atoms with Crippen molar-refractivity contribution in [2.24, 2.45) is 0 Å². The molecule has 0 unspecified atom stereocenters. The third-order valence-corrected chi connectivity index (χ3v) is 4.19. The van der Waals surface area contributed by atoms with E-state index in [0.29, 0.717) is 30.4 Å². The van der Waals surface area contributed by atoms with E-state index in [1.165, 1.54) is 12.1 Å². The Morgan fingerprint density at radius 1 is 1.36 bits per heavy atom. The Kier molecular flexibility index (Phi) is 3.76. The summed E-state index contributed by atoms with van der Waals surface area (Å²) in [6.07, 6.45) is 3.56. The molecule has 3 aromatic rings. The Morgan fingerprint density at radius 2 is 2.24 bits per heavy atom. The summed E-state index contributed by atoms with van der Waals surface area (Å²) >= 11 is 0. The van der Waals surface area contributed by atoms with Gasteiger partial charge in [-0.15, -0.1) is 0 Å². The van der Waals surface area contributed by atoms with Gasteiger partial charge < -0.3 is 15.4 Å². The van der Waals surface area contributed by atoms with E-state index in [0.717, 1.165) is 16.8 Å². The summed E-state index contributed by atoms with van der Waals surface area (Å²) in [6.45, 7) is 7.00. The number of hydrogen-bond acceptors (Lipinski definition) is 5. The number of benzene rings is 1. The van der Waals surface area contributed by atoms with Crippen LogP contribution in [0.2, 0.25) is 0 Å². The number of anilines is 1. The van der Waals surface area contributed by atoms with E-state index in [1.807, 2.05) is 19.2 Å². The van der Waals surface area contributed by atoms with Crippen molar-refractivity contribution in [2.75, 3.05) is 18.5 Å². The van der Waals surface area contributed by atoms with E-state index in [-0.39, 0.29) is 11.9 Å². The Hall–Kier alpha value is -3.09. The molecule has 0 saturated heterocycles. The smallest absolute Gasteiger partial charge is 0.166 e. The average molecular weight is 339 g/mol. The molecule has 0 fully saturated rings. The van der Waals surface area contributed by atoms with Crippen LogP contribution in [0.15, 0.2) is 43.2 Å². The van der Waals surface area contributed by atoms with Crippen LogP contribution in [0.3, 0.4) is 0 Å². The minimum absolute atomic E-state index is 0.177. The van der Waals surface area contributed by atoms with Gasteiger partial charge in [-0.05, 0) is 31.2 Å². The van der Waals surface area contributed by atoms with E-state index < -0.39 is 0 Å². The number of nitrogens with one attached hydrogen (secondary N) is 2. The van der Waals surface area contributed by atoms with Crippen molar-refractivity contribution < 1.29 is 9.13 Å². The average Bonchev–Trinajstić information content (AvgIpc) is 3.02. The summed E-state index contributed by atoms with van der Waals surface area (Å²) in [5.74, 6) is 1.02. The predicted molar refractivity (Wildman–Crippen MR) is 94.0 cm³/mol. The Labute approximate surface area is 144 Å². The molecule has 1 aliphatic heterocycles. The van der Waals surface area contributed by atoms with Crippen LogP contribution in [0.4, 0.5) is 10.2 Å². The molecule has 3 heterocycles. The lowest BCUT2D eigenvalue weighted by Gasteiger charge is -2.19. The third kappa shape index (κ3) is 2.88. The first kappa shape index (κ1) is 15.4. The van der Waals surface area contributed by atoms with Crippen LogP contribution in [0, 0.1) is 5.82 Å². The fourth-order valence-electron chi connectivity index (χ4n) is 2.91. The van der Waals surface area contributed by atoms with Gasteiger partial charge in [-0.2, -0.15) is 5.10 Å². The van der Waals surface area contributed by atoms with Crippen LogP contribution in [0.5, 0.6) is 5.75 Å². The summed E-state index contributed by atoms with van der Waals surface area (Å²) in [6, 6.07) is 6.20. The number of nitrogens with zero attached hydrogens (tertiary/aromatic N) is 3. The number of rotatable bonds is 0. The van der Waals surface area contributed by atoms with Gasteiger partial charge in [0.05, 0.1) is 17.8 Å². The second-order valence-corrected chi connectivity index (χ2v) is 5.94. The van der Waals surface area contributed by atoms with Crippen molar-refractivity contribution in [1.29, 1.82) is 0 Å². The van der Waals surface area contributed by atoms with Gasteiger partial charge in [0.2, 0.25) is 0 Å². The molecule has 0 radical (unpaired) electrons. The maximum absolute atomic E-state index is 13.7. The predicted octanol–water partition coefficient (Wildman–Crippen LogP) is 2.99.